The van der Waals surface area contributed by atoms with Crippen molar-refractivity contribution in [2.45, 2.75) is 25.7 Å². The molecular formula is C20H19FN4O3S2. The highest BCUT2D eigenvalue weighted by Gasteiger charge is 2.20. The molecule has 10 heteroatoms. The molecule has 2 aromatic carbocycles. The lowest BCUT2D eigenvalue weighted by atomic mass is 10.1. The summed E-state index contributed by atoms with van der Waals surface area (Å²) < 4.78 is 40.4. The third-order valence-corrected chi connectivity index (χ3v) is 6.70. The van der Waals surface area contributed by atoms with Crippen molar-refractivity contribution in [1.82, 2.24) is 10.4 Å². The number of aryl methyl sites for hydroxylation is 2. The number of sulfonamides is 1. The Labute approximate surface area is 177 Å². The van der Waals surface area contributed by atoms with Gasteiger partial charge in [0.25, 0.3) is 15.9 Å². The van der Waals surface area contributed by atoms with Gasteiger partial charge in [-0.2, -0.15) is 5.10 Å². The van der Waals surface area contributed by atoms with E-state index >= 15 is 0 Å². The number of hydrazone groups is 1. The highest BCUT2D eigenvalue weighted by molar-refractivity contribution is 7.93. The molecule has 0 saturated carbocycles. The topological polar surface area (TPSA) is 101 Å². The van der Waals surface area contributed by atoms with E-state index in [4.69, 9.17) is 0 Å². The summed E-state index contributed by atoms with van der Waals surface area (Å²) in [5, 5.41) is 4.10. The maximum atomic E-state index is 13.0. The maximum absolute atomic E-state index is 13.0. The first kappa shape index (κ1) is 21.6. The number of benzene rings is 2. The van der Waals surface area contributed by atoms with E-state index in [9.17, 15) is 17.6 Å². The van der Waals surface area contributed by atoms with E-state index in [1.165, 1.54) is 24.3 Å². The Bertz CT molecular complexity index is 1200. The molecule has 0 fully saturated rings. The Hall–Kier alpha value is -3.11. The fraction of sp³-hybridized carbons (Fsp3) is 0.150. The Balaban J connectivity index is 1.73. The van der Waals surface area contributed by atoms with Crippen LogP contribution in [0.15, 0.2) is 58.5 Å². The summed E-state index contributed by atoms with van der Waals surface area (Å²) in [5.74, 6) is -0.885. The SMILES string of the molecule is C/C(=N\NC(=O)c1sc(NS(=O)(=O)c2ccc(C)cc2)nc1C)c1ccc(F)cc1. The zero-order valence-electron chi connectivity index (χ0n) is 16.4. The van der Waals surface area contributed by atoms with Gasteiger partial charge in [0.1, 0.15) is 10.7 Å². The normalized spacial score (nSPS) is 11.9. The van der Waals surface area contributed by atoms with Gasteiger partial charge in [-0.3, -0.25) is 9.52 Å². The molecule has 1 amide bonds. The molecule has 0 unspecified atom stereocenters. The monoisotopic (exact) mass is 446 g/mol. The van der Waals surface area contributed by atoms with Crippen LogP contribution < -0.4 is 10.1 Å². The quantitative estimate of drug-likeness (QED) is 0.444. The molecule has 0 aliphatic carbocycles. The van der Waals surface area contributed by atoms with E-state index in [-0.39, 0.29) is 20.7 Å². The Morgan fingerprint density at radius 1 is 1.07 bits per heavy atom. The minimum Gasteiger partial charge on any atom is -0.266 e. The van der Waals surface area contributed by atoms with Crippen molar-refractivity contribution in [3.8, 4) is 0 Å². The van der Waals surface area contributed by atoms with Crippen molar-refractivity contribution in [2.24, 2.45) is 5.10 Å². The van der Waals surface area contributed by atoms with Crippen LogP contribution in [-0.2, 0) is 10.0 Å². The number of aromatic nitrogens is 1. The van der Waals surface area contributed by atoms with E-state index in [2.05, 4.69) is 20.2 Å². The second kappa shape index (κ2) is 8.72. The maximum Gasteiger partial charge on any atom is 0.283 e. The third kappa shape index (κ3) is 5.08. The largest absolute Gasteiger partial charge is 0.283 e. The van der Waals surface area contributed by atoms with Gasteiger partial charge in [0, 0.05) is 0 Å². The molecule has 0 saturated heterocycles. The molecule has 3 rings (SSSR count). The second-order valence-corrected chi connectivity index (χ2v) is 9.18. The van der Waals surface area contributed by atoms with E-state index in [1.807, 2.05) is 6.92 Å². The number of rotatable bonds is 6. The van der Waals surface area contributed by atoms with E-state index < -0.39 is 15.9 Å². The molecule has 156 valence electrons. The van der Waals surface area contributed by atoms with Gasteiger partial charge in [-0.25, -0.2) is 23.2 Å². The number of thiazole rings is 1. The molecule has 3 aromatic rings. The zero-order chi connectivity index (χ0) is 21.9. The lowest BCUT2D eigenvalue weighted by Crippen LogP contribution is -2.19. The molecule has 0 atom stereocenters. The van der Waals surface area contributed by atoms with Gasteiger partial charge in [-0.05, 0) is 50.6 Å². The first-order valence-corrected chi connectivity index (χ1v) is 11.1. The van der Waals surface area contributed by atoms with E-state index in [1.54, 1.807) is 38.1 Å². The zero-order valence-corrected chi connectivity index (χ0v) is 18.1. The van der Waals surface area contributed by atoms with Gasteiger partial charge in [0.05, 0.1) is 16.3 Å². The first-order chi connectivity index (χ1) is 14.2. The molecule has 0 aliphatic heterocycles. The number of hydrogen-bond donors (Lipinski definition) is 2. The fourth-order valence-electron chi connectivity index (χ4n) is 2.48. The van der Waals surface area contributed by atoms with Crippen molar-refractivity contribution in [3.63, 3.8) is 0 Å². The van der Waals surface area contributed by atoms with Crippen LogP contribution in [0.25, 0.3) is 0 Å². The lowest BCUT2D eigenvalue weighted by Gasteiger charge is -2.05. The summed E-state index contributed by atoms with van der Waals surface area (Å²) in [5.41, 5.74) is 4.87. The number of halogens is 1. The number of amides is 1. The average Bonchev–Trinajstić information content (AvgIpc) is 3.06. The van der Waals surface area contributed by atoms with Crippen LogP contribution in [0.1, 0.15) is 33.4 Å². The molecule has 0 bridgehead atoms. The van der Waals surface area contributed by atoms with E-state index in [0.29, 0.717) is 17.0 Å². The summed E-state index contributed by atoms with van der Waals surface area (Å²) in [7, 11) is -3.82. The smallest absolute Gasteiger partial charge is 0.266 e. The minimum atomic E-state index is -3.82. The summed E-state index contributed by atoms with van der Waals surface area (Å²) >= 11 is 0.909. The highest BCUT2D eigenvalue weighted by Crippen LogP contribution is 2.25. The molecule has 30 heavy (non-hydrogen) atoms. The van der Waals surface area contributed by atoms with Crippen LogP contribution in [0.5, 0.6) is 0 Å². The highest BCUT2D eigenvalue weighted by atomic mass is 32.2. The number of anilines is 1. The second-order valence-electron chi connectivity index (χ2n) is 6.50. The summed E-state index contributed by atoms with van der Waals surface area (Å²) in [6.07, 6.45) is 0. The summed E-state index contributed by atoms with van der Waals surface area (Å²) in [4.78, 5) is 16.9. The van der Waals surface area contributed by atoms with Crippen molar-refractivity contribution in [1.29, 1.82) is 0 Å². The van der Waals surface area contributed by atoms with Gasteiger partial charge in [-0.1, -0.05) is 41.2 Å². The Kier molecular flexibility index (Phi) is 6.28. The van der Waals surface area contributed by atoms with Crippen molar-refractivity contribution in [3.05, 3.63) is 76.0 Å². The predicted molar refractivity (Wildman–Crippen MR) is 115 cm³/mol. The van der Waals surface area contributed by atoms with Gasteiger partial charge in [0.15, 0.2) is 5.13 Å². The molecular weight excluding hydrogens is 427 g/mol. The first-order valence-electron chi connectivity index (χ1n) is 8.83. The lowest BCUT2D eigenvalue weighted by molar-refractivity contribution is 0.0958. The van der Waals surface area contributed by atoms with Crippen LogP contribution in [0.2, 0.25) is 0 Å². The van der Waals surface area contributed by atoms with Gasteiger partial charge < -0.3 is 0 Å². The average molecular weight is 447 g/mol. The molecule has 1 heterocycles. The standard InChI is InChI=1S/C20H19FN4O3S2/c1-12-4-10-17(11-5-12)30(27,28)25-20-22-14(3)18(29-20)19(26)24-23-13(2)15-6-8-16(21)9-7-15/h4-11H,1-3H3,(H,22,25)(H,24,26)/b23-13+. The van der Waals surface area contributed by atoms with Gasteiger partial charge >= 0.3 is 0 Å². The number of nitrogens with zero attached hydrogens (tertiary/aromatic N) is 2. The summed E-state index contributed by atoms with van der Waals surface area (Å²) in [6.45, 7) is 5.14. The summed E-state index contributed by atoms with van der Waals surface area (Å²) in [6, 6.07) is 12.1. The van der Waals surface area contributed by atoms with Gasteiger partial charge in [-0.15, -0.1) is 0 Å². The number of hydrogen-bond acceptors (Lipinski definition) is 6. The van der Waals surface area contributed by atoms with E-state index in [0.717, 1.165) is 16.9 Å². The molecule has 2 N–H and O–H groups in total. The van der Waals surface area contributed by atoms with Crippen LogP contribution in [0.4, 0.5) is 9.52 Å². The molecule has 7 nitrogen and oxygen atoms in total. The van der Waals surface area contributed by atoms with Crippen LogP contribution in [0.3, 0.4) is 0 Å². The molecule has 0 radical (unpaired) electrons. The molecule has 1 aromatic heterocycles. The minimum absolute atomic E-state index is 0.0810. The van der Waals surface area contributed by atoms with Crippen molar-refractivity contribution in [2.75, 3.05) is 4.72 Å². The Morgan fingerprint density at radius 3 is 2.33 bits per heavy atom. The van der Waals surface area contributed by atoms with Crippen molar-refractivity contribution < 1.29 is 17.6 Å². The number of carbonyl (C=O) groups excluding carboxylic acids is 1. The van der Waals surface area contributed by atoms with Crippen molar-refractivity contribution >= 4 is 38.1 Å². The van der Waals surface area contributed by atoms with Crippen LogP contribution >= 0.6 is 11.3 Å². The number of nitrogens with one attached hydrogen (secondary N) is 2. The Morgan fingerprint density at radius 2 is 1.70 bits per heavy atom. The molecule has 0 aliphatic rings. The molecule has 0 spiro atoms. The van der Waals surface area contributed by atoms with Crippen LogP contribution in [-0.4, -0.2) is 25.0 Å². The third-order valence-electron chi connectivity index (χ3n) is 4.14. The van der Waals surface area contributed by atoms with Gasteiger partial charge in [0.2, 0.25) is 0 Å². The van der Waals surface area contributed by atoms with Crippen LogP contribution in [0, 0.1) is 19.7 Å². The number of carbonyl (C=O) groups is 1. The fourth-order valence-corrected chi connectivity index (χ4v) is 4.57. The predicted octanol–water partition coefficient (Wildman–Crippen LogP) is 3.85.